The van der Waals surface area contributed by atoms with Gasteiger partial charge in [0.2, 0.25) is 0 Å². The van der Waals surface area contributed by atoms with E-state index < -0.39 is 21.5 Å². The van der Waals surface area contributed by atoms with E-state index in [1.807, 2.05) is 33.8 Å². The molecule has 4 nitrogen and oxygen atoms in total. The van der Waals surface area contributed by atoms with Crippen LogP contribution in [0, 0.1) is 5.82 Å². The lowest BCUT2D eigenvalue weighted by Crippen LogP contribution is -2.35. The Kier molecular flexibility index (Phi) is 5.59. The summed E-state index contributed by atoms with van der Waals surface area (Å²) in [4.78, 5) is 13.9. The van der Waals surface area contributed by atoms with Crippen LogP contribution in [0.15, 0.2) is 40.5 Å². The van der Waals surface area contributed by atoms with Crippen molar-refractivity contribution in [3.63, 3.8) is 0 Å². The van der Waals surface area contributed by atoms with Crippen LogP contribution >= 0.6 is 22.9 Å². The third-order valence-electron chi connectivity index (χ3n) is 4.12. The Morgan fingerprint density at radius 1 is 1.30 bits per heavy atom. The Hall–Kier alpha value is -1.54. The van der Waals surface area contributed by atoms with Gasteiger partial charge in [0, 0.05) is 11.4 Å². The SMILES string of the molecule is CC(NS(=O)C(C)(C)C)c1cc2scc(Cl)n2c(=O)c1-c1cccc(F)c1. The summed E-state index contributed by atoms with van der Waals surface area (Å²) in [6, 6.07) is 7.35. The average molecular weight is 427 g/mol. The van der Waals surface area contributed by atoms with E-state index in [2.05, 4.69) is 4.72 Å². The fourth-order valence-corrected chi connectivity index (χ4v) is 4.69. The van der Waals surface area contributed by atoms with Crippen LogP contribution in [0.3, 0.4) is 0 Å². The van der Waals surface area contributed by atoms with Gasteiger partial charge < -0.3 is 0 Å². The fraction of sp³-hybridized carbons (Fsp3) is 0.316. The van der Waals surface area contributed by atoms with E-state index in [-0.39, 0.29) is 11.6 Å². The molecule has 27 heavy (non-hydrogen) atoms. The van der Waals surface area contributed by atoms with Gasteiger partial charge in [0.1, 0.15) is 15.8 Å². The minimum absolute atomic E-state index is 0.308. The van der Waals surface area contributed by atoms with Gasteiger partial charge in [-0.25, -0.2) is 13.3 Å². The van der Waals surface area contributed by atoms with Crippen molar-refractivity contribution in [1.82, 2.24) is 9.12 Å². The van der Waals surface area contributed by atoms with Crippen molar-refractivity contribution in [2.24, 2.45) is 0 Å². The van der Waals surface area contributed by atoms with Crippen molar-refractivity contribution in [3.05, 3.63) is 62.6 Å². The lowest BCUT2D eigenvalue weighted by atomic mass is 9.97. The molecule has 0 saturated heterocycles. The largest absolute Gasteiger partial charge is 0.268 e. The number of aromatic nitrogens is 1. The molecule has 2 aromatic heterocycles. The Bertz CT molecular complexity index is 1090. The van der Waals surface area contributed by atoms with Gasteiger partial charge in [-0.2, -0.15) is 0 Å². The van der Waals surface area contributed by atoms with Crippen molar-refractivity contribution in [2.75, 3.05) is 0 Å². The molecule has 0 radical (unpaired) electrons. The van der Waals surface area contributed by atoms with E-state index in [0.717, 1.165) is 0 Å². The van der Waals surface area contributed by atoms with Gasteiger partial charge in [-0.05, 0) is 57.0 Å². The van der Waals surface area contributed by atoms with E-state index in [1.54, 1.807) is 17.5 Å². The van der Waals surface area contributed by atoms with Crippen LogP contribution in [-0.4, -0.2) is 13.4 Å². The number of benzene rings is 1. The molecule has 0 fully saturated rings. The van der Waals surface area contributed by atoms with Gasteiger partial charge in [-0.15, -0.1) is 11.3 Å². The van der Waals surface area contributed by atoms with Gasteiger partial charge in [-0.3, -0.25) is 9.20 Å². The minimum atomic E-state index is -1.33. The Balaban J connectivity index is 2.23. The first kappa shape index (κ1) is 20.2. The van der Waals surface area contributed by atoms with E-state index in [9.17, 15) is 13.4 Å². The van der Waals surface area contributed by atoms with Crippen LogP contribution in [0.4, 0.5) is 4.39 Å². The number of halogens is 2. The van der Waals surface area contributed by atoms with Crippen molar-refractivity contribution in [2.45, 2.75) is 38.5 Å². The molecule has 3 aromatic rings. The number of hydrogen-bond donors (Lipinski definition) is 1. The zero-order chi connectivity index (χ0) is 19.9. The van der Waals surface area contributed by atoms with Crippen LogP contribution in [-0.2, 0) is 11.0 Å². The van der Waals surface area contributed by atoms with Crippen molar-refractivity contribution in [1.29, 1.82) is 0 Å². The van der Waals surface area contributed by atoms with E-state index in [4.69, 9.17) is 11.6 Å². The van der Waals surface area contributed by atoms with Crippen LogP contribution in [0.5, 0.6) is 0 Å². The molecule has 2 heterocycles. The first-order valence-electron chi connectivity index (χ1n) is 8.36. The van der Waals surface area contributed by atoms with Gasteiger partial charge in [-0.1, -0.05) is 23.7 Å². The summed E-state index contributed by atoms with van der Waals surface area (Å²) in [6.07, 6.45) is 0. The molecule has 1 aromatic carbocycles. The molecule has 0 bridgehead atoms. The molecular formula is C19H20ClFN2O2S2. The lowest BCUT2D eigenvalue weighted by Gasteiger charge is -2.23. The summed E-state index contributed by atoms with van der Waals surface area (Å²) in [6.45, 7) is 7.45. The van der Waals surface area contributed by atoms with Gasteiger partial charge in [0.15, 0.2) is 0 Å². The standard InChI is InChI=1S/C19H20ClFN2O2S2/c1-11(22-27(25)19(2,3)4)14-9-16-23(15(20)10-26-16)18(24)17(14)12-6-5-7-13(21)8-12/h5-11,22H,1-4H3. The second-order valence-corrected chi connectivity index (χ2v) is 10.5. The molecule has 1 N–H and O–H groups in total. The first-order chi connectivity index (χ1) is 12.6. The fourth-order valence-electron chi connectivity index (χ4n) is 2.73. The number of pyridine rings is 1. The monoisotopic (exact) mass is 426 g/mol. The molecule has 0 saturated carbocycles. The smallest absolute Gasteiger partial charge is 0.265 e. The maximum absolute atomic E-state index is 13.8. The highest BCUT2D eigenvalue weighted by atomic mass is 35.5. The predicted octanol–water partition coefficient (Wildman–Crippen LogP) is 4.93. The normalized spacial score (nSPS) is 14.4. The molecule has 2 atom stereocenters. The van der Waals surface area contributed by atoms with E-state index >= 15 is 0 Å². The maximum Gasteiger partial charge on any atom is 0.265 e. The number of thiazole rings is 1. The molecule has 0 aliphatic carbocycles. The Labute approximate surface area is 168 Å². The minimum Gasteiger partial charge on any atom is -0.268 e. The number of rotatable bonds is 4. The van der Waals surface area contributed by atoms with Crippen molar-refractivity contribution >= 4 is 38.8 Å². The molecule has 8 heteroatoms. The molecule has 0 aliphatic rings. The Morgan fingerprint density at radius 2 is 2.00 bits per heavy atom. The van der Waals surface area contributed by atoms with Crippen LogP contribution in [0.2, 0.25) is 5.15 Å². The van der Waals surface area contributed by atoms with E-state index in [0.29, 0.717) is 26.7 Å². The number of fused-ring (bicyclic) bond motifs is 1. The summed E-state index contributed by atoms with van der Waals surface area (Å²) in [5.74, 6) is -0.432. The molecule has 0 aliphatic heterocycles. The molecule has 3 rings (SSSR count). The highest BCUT2D eigenvalue weighted by Gasteiger charge is 2.25. The molecule has 0 amide bonds. The van der Waals surface area contributed by atoms with Crippen LogP contribution < -0.4 is 10.3 Å². The van der Waals surface area contributed by atoms with Crippen LogP contribution in [0.1, 0.15) is 39.3 Å². The summed E-state index contributed by atoms with van der Waals surface area (Å²) < 4.78 is 30.4. The van der Waals surface area contributed by atoms with E-state index in [1.165, 1.54) is 27.9 Å². The molecule has 0 spiro atoms. The lowest BCUT2D eigenvalue weighted by molar-refractivity contribution is 0.616. The molecule has 2 unspecified atom stereocenters. The van der Waals surface area contributed by atoms with Crippen molar-refractivity contribution < 1.29 is 8.60 Å². The zero-order valence-corrected chi connectivity index (χ0v) is 17.8. The average Bonchev–Trinajstić information content (AvgIpc) is 2.95. The predicted molar refractivity (Wildman–Crippen MR) is 111 cm³/mol. The summed E-state index contributed by atoms with van der Waals surface area (Å²) in [5.41, 5.74) is 1.14. The highest BCUT2D eigenvalue weighted by Crippen LogP contribution is 2.31. The molecule has 144 valence electrons. The highest BCUT2D eigenvalue weighted by molar-refractivity contribution is 7.84. The first-order valence-corrected chi connectivity index (χ1v) is 10.8. The number of nitrogens with zero attached hydrogens (tertiary/aromatic N) is 1. The van der Waals surface area contributed by atoms with Crippen molar-refractivity contribution in [3.8, 4) is 11.1 Å². The van der Waals surface area contributed by atoms with Gasteiger partial charge >= 0.3 is 0 Å². The number of hydrogen-bond acceptors (Lipinski definition) is 3. The zero-order valence-electron chi connectivity index (χ0n) is 15.4. The second kappa shape index (κ2) is 7.47. The quantitative estimate of drug-likeness (QED) is 0.642. The summed E-state index contributed by atoms with van der Waals surface area (Å²) in [7, 11) is -1.33. The second-order valence-electron chi connectivity index (χ2n) is 7.24. The maximum atomic E-state index is 13.8. The van der Waals surface area contributed by atoms with Gasteiger partial charge in [0.25, 0.3) is 5.56 Å². The third kappa shape index (κ3) is 4.01. The number of nitrogens with one attached hydrogen (secondary N) is 1. The topological polar surface area (TPSA) is 50.6 Å². The Morgan fingerprint density at radius 3 is 2.63 bits per heavy atom. The summed E-state index contributed by atoms with van der Waals surface area (Å²) >= 11 is 7.52. The molecular weight excluding hydrogens is 407 g/mol. The summed E-state index contributed by atoms with van der Waals surface area (Å²) in [5, 5.41) is 1.99. The van der Waals surface area contributed by atoms with Crippen LogP contribution in [0.25, 0.3) is 16.0 Å². The third-order valence-corrected chi connectivity index (χ3v) is 7.09. The van der Waals surface area contributed by atoms with Gasteiger partial charge in [0.05, 0.1) is 21.3 Å².